The Morgan fingerprint density at radius 1 is 0.733 bits per heavy atom. The molecule has 0 aliphatic rings. The molecular formula is C20H22Na2O6S2. The van der Waals surface area contributed by atoms with E-state index in [4.69, 9.17) is 8.37 Å². The van der Waals surface area contributed by atoms with E-state index in [1.807, 2.05) is 0 Å². The minimum atomic E-state index is -4.71. The van der Waals surface area contributed by atoms with Gasteiger partial charge in [0.2, 0.25) is 4.24 Å². The van der Waals surface area contributed by atoms with Crippen LogP contribution in [0.1, 0.15) is 14.0 Å². The average Bonchev–Trinajstić information content (AvgIpc) is 2.70. The molecule has 30 heavy (non-hydrogen) atoms. The molecule has 0 atom stereocenters. The molecule has 0 saturated heterocycles. The Balaban J connectivity index is -0.00000210. The third-order valence-electron chi connectivity index (χ3n) is 3.47. The van der Waals surface area contributed by atoms with Crippen LogP contribution in [-0.4, -0.2) is 30.0 Å². The maximum atomic E-state index is 12.9. The van der Waals surface area contributed by atoms with Crippen molar-refractivity contribution < 1.29 is 87.2 Å². The summed E-state index contributed by atoms with van der Waals surface area (Å²) >= 11 is 0. The van der Waals surface area contributed by atoms with Crippen LogP contribution in [0.3, 0.4) is 0 Å². The average molecular weight is 469 g/mol. The van der Waals surface area contributed by atoms with Gasteiger partial charge in [-0.25, -0.2) is 0 Å². The van der Waals surface area contributed by atoms with E-state index in [0.29, 0.717) is 11.1 Å². The first-order valence-electron chi connectivity index (χ1n) is 8.19. The molecule has 0 N–H and O–H groups in total. The Morgan fingerprint density at radius 2 is 1.07 bits per heavy atom. The zero-order valence-corrected chi connectivity index (χ0v) is 22.7. The van der Waals surface area contributed by atoms with Crippen LogP contribution in [0.25, 0.3) is 5.57 Å². The first kappa shape index (κ1) is 29.5. The van der Waals surface area contributed by atoms with E-state index in [1.54, 1.807) is 60.7 Å². The topological polar surface area (TPSA) is 86.7 Å². The normalized spacial score (nSPS) is 10.8. The van der Waals surface area contributed by atoms with Crippen LogP contribution in [0.4, 0.5) is 0 Å². The van der Waals surface area contributed by atoms with Gasteiger partial charge in [0, 0.05) is 5.57 Å². The summed E-state index contributed by atoms with van der Waals surface area (Å²) in [5.41, 5.74) is 0.704. The van der Waals surface area contributed by atoms with Crippen molar-refractivity contribution in [1.29, 1.82) is 0 Å². The first-order chi connectivity index (χ1) is 13.3. The van der Waals surface area contributed by atoms with Gasteiger partial charge in [-0.15, -0.1) is 13.2 Å². The van der Waals surface area contributed by atoms with Crippen LogP contribution in [0.5, 0.6) is 0 Å². The van der Waals surface area contributed by atoms with Crippen molar-refractivity contribution in [2.75, 3.05) is 13.2 Å². The van der Waals surface area contributed by atoms with E-state index in [1.165, 1.54) is 12.2 Å². The quantitative estimate of drug-likeness (QED) is 0.222. The van der Waals surface area contributed by atoms with E-state index in [-0.39, 0.29) is 80.8 Å². The predicted molar refractivity (Wildman–Crippen MR) is 111 cm³/mol. The molecule has 6 nitrogen and oxygen atoms in total. The van der Waals surface area contributed by atoms with Crippen molar-refractivity contribution in [1.82, 2.24) is 0 Å². The SMILES string of the molecule is C=CCOS(=O)(=O)C(=C(c1ccccc1)c1ccccc1)S(=O)(=O)OCC=C.[H-].[H-].[Na+].[Na+]. The van der Waals surface area contributed by atoms with Gasteiger partial charge in [-0.1, -0.05) is 72.8 Å². The Bertz CT molecular complexity index is 990. The van der Waals surface area contributed by atoms with Gasteiger partial charge in [-0.05, 0) is 11.1 Å². The zero-order valence-electron chi connectivity index (χ0n) is 19.0. The summed E-state index contributed by atoms with van der Waals surface area (Å²) in [4.78, 5) is 0. The summed E-state index contributed by atoms with van der Waals surface area (Å²) in [6.45, 7) is 6.01. The summed E-state index contributed by atoms with van der Waals surface area (Å²) in [6.07, 6.45) is 2.41. The summed E-state index contributed by atoms with van der Waals surface area (Å²) in [5, 5.41) is 0. The summed E-state index contributed by atoms with van der Waals surface area (Å²) in [6, 6.07) is 16.6. The Hall–Kier alpha value is -0.520. The third-order valence-corrected chi connectivity index (χ3v) is 6.90. The van der Waals surface area contributed by atoms with Crippen LogP contribution < -0.4 is 59.1 Å². The Kier molecular flexibility index (Phi) is 13.6. The smallest absolute Gasteiger partial charge is 1.00 e. The molecule has 152 valence electrons. The van der Waals surface area contributed by atoms with Gasteiger partial charge < -0.3 is 2.85 Å². The van der Waals surface area contributed by atoms with Gasteiger partial charge in [0.25, 0.3) is 0 Å². The molecule has 0 spiro atoms. The molecule has 2 rings (SSSR count). The fourth-order valence-electron chi connectivity index (χ4n) is 2.37. The van der Waals surface area contributed by atoms with Crippen LogP contribution in [-0.2, 0) is 28.6 Å². The van der Waals surface area contributed by atoms with Gasteiger partial charge in [0.1, 0.15) is 0 Å². The van der Waals surface area contributed by atoms with Gasteiger partial charge in [-0.2, -0.15) is 16.8 Å². The van der Waals surface area contributed by atoms with Crippen LogP contribution in [0.15, 0.2) is 90.2 Å². The van der Waals surface area contributed by atoms with E-state index >= 15 is 0 Å². The molecule has 2 aromatic carbocycles. The van der Waals surface area contributed by atoms with Crippen molar-refractivity contribution in [3.63, 3.8) is 0 Å². The molecule has 0 radical (unpaired) electrons. The largest absolute Gasteiger partial charge is 1.00 e. The number of benzene rings is 2. The zero-order chi connectivity index (χ0) is 20.6. The second-order valence-electron chi connectivity index (χ2n) is 5.45. The summed E-state index contributed by atoms with van der Waals surface area (Å²) in [5.74, 6) is 0. The molecule has 0 heterocycles. The molecule has 0 aliphatic heterocycles. The fraction of sp³-hybridized carbons (Fsp3) is 0.100. The maximum Gasteiger partial charge on any atom is 1.00 e. The van der Waals surface area contributed by atoms with Gasteiger partial charge in [0.05, 0.1) is 13.2 Å². The Labute approximate surface area is 225 Å². The van der Waals surface area contributed by atoms with Crippen molar-refractivity contribution in [3.05, 3.63) is 101 Å². The molecule has 0 unspecified atom stereocenters. The maximum absolute atomic E-state index is 12.9. The van der Waals surface area contributed by atoms with E-state index in [0.717, 1.165) is 0 Å². The molecular weight excluding hydrogens is 446 g/mol. The number of rotatable bonds is 10. The molecule has 0 fully saturated rings. The van der Waals surface area contributed by atoms with Gasteiger partial charge in [0.15, 0.2) is 0 Å². The van der Waals surface area contributed by atoms with Gasteiger partial charge in [-0.3, -0.25) is 8.37 Å². The predicted octanol–water partition coefficient (Wildman–Crippen LogP) is -2.30. The monoisotopic (exact) mass is 468 g/mol. The minimum absolute atomic E-state index is 0. The summed E-state index contributed by atoms with van der Waals surface area (Å²) < 4.78 is 60.2. The summed E-state index contributed by atoms with van der Waals surface area (Å²) in [7, 11) is -9.41. The van der Waals surface area contributed by atoms with Gasteiger partial charge >= 0.3 is 79.4 Å². The van der Waals surface area contributed by atoms with Crippen LogP contribution in [0.2, 0.25) is 0 Å². The minimum Gasteiger partial charge on any atom is -1.00 e. The number of hydrogen-bond donors (Lipinski definition) is 0. The molecule has 0 saturated carbocycles. The molecule has 0 aromatic heterocycles. The molecule has 0 bridgehead atoms. The molecule has 10 heteroatoms. The van der Waals surface area contributed by atoms with E-state index < -0.39 is 24.5 Å². The number of hydrogen-bond acceptors (Lipinski definition) is 6. The second kappa shape index (κ2) is 13.8. The fourth-order valence-corrected chi connectivity index (χ4v) is 5.39. The molecule has 0 aliphatic carbocycles. The second-order valence-corrected chi connectivity index (χ2v) is 8.81. The van der Waals surface area contributed by atoms with Crippen LogP contribution >= 0.6 is 0 Å². The Morgan fingerprint density at radius 3 is 1.37 bits per heavy atom. The molecule has 2 aromatic rings. The van der Waals surface area contributed by atoms with E-state index in [2.05, 4.69) is 13.2 Å². The van der Waals surface area contributed by atoms with Crippen molar-refractivity contribution in [2.24, 2.45) is 0 Å². The standard InChI is InChI=1S/C20H20O6S2.2Na.2H/c1-3-15-25-27(21,22)20(28(23,24)26-16-4-2)19(17-11-7-5-8-12-17)18-13-9-6-10-14-18;;;;/h3-14H,1-2,15-16H2;;;;/q;2*+1;2*-1. The van der Waals surface area contributed by atoms with E-state index in [9.17, 15) is 16.8 Å². The van der Waals surface area contributed by atoms with Crippen molar-refractivity contribution in [3.8, 4) is 0 Å². The van der Waals surface area contributed by atoms with Crippen molar-refractivity contribution in [2.45, 2.75) is 0 Å². The van der Waals surface area contributed by atoms with Crippen LogP contribution in [0, 0.1) is 0 Å². The third kappa shape index (κ3) is 7.87. The molecule has 0 amide bonds. The first-order valence-corrected chi connectivity index (χ1v) is 11.0. The van der Waals surface area contributed by atoms with Crippen molar-refractivity contribution >= 4 is 25.8 Å².